The van der Waals surface area contributed by atoms with Crippen molar-refractivity contribution in [1.82, 2.24) is 0 Å². The molecule has 1 N–H and O–H groups in total. The van der Waals surface area contributed by atoms with Crippen LogP contribution in [0.5, 0.6) is 5.75 Å². The minimum Gasteiger partial charge on any atom is -0.482 e. The van der Waals surface area contributed by atoms with Gasteiger partial charge in [-0.2, -0.15) is 0 Å². The van der Waals surface area contributed by atoms with Gasteiger partial charge in [-0.25, -0.2) is 12.8 Å². The van der Waals surface area contributed by atoms with Crippen LogP contribution in [0.1, 0.15) is 5.56 Å². The maximum absolute atomic E-state index is 13.8. The highest BCUT2D eigenvalue weighted by atomic mass is 79.9. The lowest BCUT2D eigenvalue weighted by Crippen LogP contribution is -2.29. The van der Waals surface area contributed by atoms with Crippen LogP contribution in [-0.2, 0) is 21.2 Å². The summed E-state index contributed by atoms with van der Waals surface area (Å²) in [4.78, 5) is 12.1. The van der Waals surface area contributed by atoms with Crippen molar-refractivity contribution >= 4 is 54.8 Å². The zero-order valence-electron chi connectivity index (χ0n) is 16.5. The normalized spacial score (nSPS) is 13.0. The highest BCUT2D eigenvalue weighted by Crippen LogP contribution is 2.35. The summed E-state index contributed by atoms with van der Waals surface area (Å²) in [6.45, 7) is -0.0782. The molecule has 0 saturated heterocycles. The van der Waals surface area contributed by atoms with E-state index in [1.807, 2.05) is 12.1 Å². The van der Waals surface area contributed by atoms with Gasteiger partial charge in [0, 0.05) is 11.0 Å². The number of ether oxygens (including phenoxy) is 1. The standard InChI is InChI=1S/C22H17BrClFN2O4S/c23-15-5-7-19(18(25)11-15)26-22(28)13-31-21-8-6-16(12-17(21)24)32(29,30)27-10-9-14-3-1-2-4-20(14)27/h1-8,11-12H,9-10,13H2,(H,26,28). The van der Waals surface area contributed by atoms with Crippen LogP contribution in [0.25, 0.3) is 0 Å². The third kappa shape index (κ3) is 4.60. The van der Waals surface area contributed by atoms with Crippen LogP contribution in [0.3, 0.4) is 0 Å². The SMILES string of the molecule is O=C(COc1ccc(S(=O)(=O)N2CCc3ccccc32)cc1Cl)Nc1ccc(Br)cc1F. The fourth-order valence-corrected chi connectivity index (χ4v) is 5.53. The third-order valence-corrected chi connectivity index (χ3v) is 7.50. The van der Waals surface area contributed by atoms with Crippen molar-refractivity contribution in [3.8, 4) is 5.75 Å². The van der Waals surface area contributed by atoms with E-state index in [2.05, 4.69) is 21.2 Å². The number of carbonyl (C=O) groups excluding carboxylic acids is 1. The molecule has 0 saturated carbocycles. The number of halogens is 3. The van der Waals surface area contributed by atoms with Crippen molar-refractivity contribution in [1.29, 1.82) is 0 Å². The zero-order chi connectivity index (χ0) is 22.9. The zero-order valence-corrected chi connectivity index (χ0v) is 19.7. The number of benzene rings is 3. The minimum atomic E-state index is -3.80. The summed E-state index contributed by atoms with van der Waals surface area (Å²) >= 11 is 9.37. The Balaban J connectivity index is 1.45. The number of carbonyl (C=O) groups is 1. The Morgan fingerprint density at radius 1 is 1.16 bits per heavy atom. The molecular formula is C22H17BrClFN2O4S. The molecule has 0 spiro atoms. The Labute approximate surface area is 198 Å². The Morgan fingerprint density at radius 2 is 1.94 bits per heavy atom. The lowest BCUT2D eigenvalue weighted by atomic mass is 10.2. The summed E-state index contributed by atoms with van der Waals surface area (Å²) in [7, 11) is -3.80. The van der Waals surface area contributed by atoms with Gasteiger partial charge in [-0.3, -0.25) is 9.10 Å². The molecule has 1 aliphatic heterocycles. The fraction of sp³-hybridized carbons (Fsp3) is 0.136. The highest BCUT2D eigenvalue weighted by Gasteiger charge is 2.31. The van der Waals surface area contributed by atoms with Gasteiger partial charge in [-0.1, -0.05) is 45.7 Å². The first-order chi connectivity index (χ1) is 15.3. The van der Waals surface area contributed by atoms with Crippen molar-refractivity contribution in [2.75, 3.05) is 22.8 Å². The van der Waals surface area contributed by atoms with E-state index in [0.29, 0.717) is 23.1 Å². The van der Waals surface area contributed by atoms with Crippen LogP contribution >= 0.6 is 27.5 Å². The summed E-state index contributed by atoms with van der Waals surface area (Å²) < 4.78 is 47.4. The Kier molecular flexibility index (Phi) is 6.41. The summed E-state index contributed by atoms with van der Waals surface area (Å²) in [6, 6.07) is 15.6. The van der Waals surface area contributed by atoms with Gasteiger partial charge in [0.05, 0.1) is 21.3 Å². The van der Waals surface area contributed by atoms with E-state index in [4.69, 9.17) is 16.3 Å². The fourth-order valence-electron chi connectivity index (χ4n) is 3.36. The largest absolute Gasteiger partial charge is 0.482 e. The van der Waals surface area contributed by atoms with E-state index >= 15 is 0 Å². The molecule has 0 atom stereocenters. The van der Waals surface area contributed by atoms with Crippen molar-refractivity contribution in [2.45, 2.75) is 11.3 Å². The summed E-state index contributed by atoms with van der Waals surface area (Å²) in [5, 5.41) is 2.45. The van der Waals surface area contributed by atoms with Crippen LogP contribution in [-0.4, -0.2) is 27.5 Å². The average molecular weight is 540 g/mol. The van der Waals surface area contributed by atoms with Gasteiger partial charge in [0.2, 0.25) is 0 Å². The molecule has 0 radical (unpaired) electrons. The second kappa shape index (κ2) is 9.09. The molecule has 1 aliphatic rings. The molecule has 0 aromatic heterocycles. The van der Waals surface area contributed by atoms with Crippen molar-refractivity contribution < 1.29 is 22.3 Å². The molecule has 4 rings (SSSR count). The van der Waals surface area contributed by atoms with Gasteiger partial charge in [0.1, 0.15) is 11.6 Å². The molecule has 0 bridgehead atoms. The maximum Gasteiger partial charge on any atom is 0.264 e. The van der Waals surface area contributed by atoms with E-state index in [-0.39, 0.29) is 21.4 Å². The Morgan fingerprint density at radius 3 is 2.69 bits per heavy atom. The van der Waals surface area contributed by atoms with Crippen LogP contribution < -0.4 is 14.4 Å². The number of anilines is 2. The second-order valence-electron chi connectivity index (χ2n) is 7.01. The second-order valence-corrected chi connectivity index (χ2v) is 10.2. The van der Waals surface area contributed by atoms with Crippen molar-refractivity contribution in [3.05, 3.63) is 81.5 Å². The van der Waals surface area contributed by atoms with Gasteiger partial charge in [0.25, 0.3) is 15.9 Å². The van der Waals surface area contributed by atoms with Crippen LogP contribution in [0.15, 0.2) is 70.0 Å². The van der Waals surface area contributed by atoms with E-state index in [0.717, 1.165) is 5.56 Å². The molecule has 32 heavy (non-hydrogen) atoms. The molecule has 10 heteroatoms. The van der Waals surface area contributed by atoms with Gasteiger partial charge in [-0.05, 0) is 54.4 Å². The van der Waals surface area contributed by atoms with Gasteiger partial charge in [-0.15, -0.1) is 0 Å². The number of nitrogens with zero attached hydrogens (tertiary/aromatic N) is 1. The van der Waals surface area contributed by atoms with E-state index in [1.165, 1.54) is 34.6 Å². The number of hydrogen-bond donors (Lipinski definition) is 1. The maximum atomic E-state index is 13.8. The minimum absolute atomic E-state index is 0.0141. The van der Waals surface area contributed by atoms with E-state index in [1.54, 1.807) is 18.2 Å². The molecule has 0 fully saturated rings. The summed E-state index contributed by atoms with van der Waals surface area (Å²) in [5.41, 5.74) is 1.64. The number of hydrogen-bond acceptors (Lipinski definition) is 4. The smallest absolute Gasteiger partial charge is 0.264 e. The first-order valence-corrected chi connectivity index (χ1v) is 12.1. The van der Waals surface area contributed by atoms with Crippen LogP contribution in [0.4, 0.5) is 15.8 Å². The van der Waals surface area contributed by atoms with Crippen molar-refractivity contribution in [2.24, 2.45) is 0 Å². The first-order valence-electron chi connectivity index (χ1n) is 9.53. The Bertz CT molecular complexity index is 1300. The molecule has 166 valence electrons. The van der Waals surface area contributed by atoms with Gasteiger partial charge < -0.3 is 10.1 Å². The molecule has 0 aliphatic carbocycles. The summed E-state index contributed by atoms with van der Waals surface area (Å²) in [6.07, 6.45) is 0.637. The van der Waals surface area contributed by atoms with E-state index < -0.39 is 28.4 Å². The lowest BCUT2D eigenvalue weighted by molar-refractivity contribution is -0.118. The van der Waals surface area contributed by atoms with Gasteiger partial charge in [0.15, 0.2) is 6.61 Å². The lowest BCUT2D eigenvalue weighted by Gasteiger charge is -2.20. The molecule has 0 unspecified atom stereocenters. The third-order valence-electron chi connectivity index (χ3n) is 4.90. The number of para-hydroxylation sites is 1. The number of rotatable bonds is 6. The van der Waals surface area contributed by atoms with E-state index in [9.17, 15) is 17.6 Å². The number of fused-ring (bicyclic) bond motifs is 1. The molecule has 3 aromatic carbocycles. The molecular weight excluding hydrogens is 523 g/mol. The monoisotopic (exact) mass is 538 g/mol. The van der Waals surface area contributed by atoms with Crippen LogP contribution in [0, 0.1) is 5.82 Å². The number of nitrogens with one attached hydrogen (secondary N) is 1. The Hall–Kier alpha value is -2.62. The molecule has 1 heterocycles. The molecule has 6 nitrogen and oxygen atoms in total. The van der Waals surface area contributed by atoms with Gasteiger partial charge >= 0.3 is 0 Å². The topological polar surface area (TPSA) is 75.7 Å². The predicted molar refractivity (Wildman–Crippen MR) is 124 cm³/mol. The molecule has 1 amide bonds. The first kappa shape index (κ1) is 22.6. The average Bonchev–Trinajstić information content (AvgIpc) is 3.20. The van der Waals surface area contributed by atoms with Crippen molar-refractivity contribution in [3.63, 3.8) is 0 Å². The van der Waals surface area contributed by atoms with Crippen LogP contribution in [0.2, 0.25) is 5.02 Å². The molecule has 3 aromatic rings. The number of sulfonamides is 1. The quantitative estimate of drug-likeness (QED) is 0.478. The predicted octanol–water partition coefficient (Wildman–Crippen LogP) is 5.01. The summed E-state index contributed by atoms with van der Waals surface area (Å²) in [5.74, 6) is -1.05. The highest BCUT2D eigenvalue weighted by molar-refractivity contribution is 9.10. The number of amides is 1.